The minimum absolute atomic E-state index is 0.0205. The molecule has 1 heterocycles. The van der Waals surface area contributed by atoms with Gasteiger partial charge in [-0.15, -0.1) is 0 Å². The molecule has 0 aliphatic heterocycles. The van der Waals surface area contributed by atoms with Gasteiger partial charge in [0.25, 0.3) is 5.91 Å². The normalized spacial score (nSPS) is 12.1. The lowest BCUT2D eigenvalue weighted by Crippen LogP contribution is -2.28. The monoisotopic (exact) mass is 420 g/mol. The van der Waals surface area contributed by atoms with Crippen molar-refractivity contribution in [3.63, 3.8) is 0 Å². The summed E-state index contributed by atoms with van der Waals surface area (Å²) < 4.78 is 83.3. The van der Waals surface area contributed by atoms with E-state index >= 15 is 0 Å². The summed E-state index contributed by atoms with van der Waals surface area (Å²) in [4.78, 5) is 17.8. The molecule has 10 heteroatoms. The Balaban J connectivity index is 2.41. The number of aromatic nitrogens is 1. The van der Waals surface area contributed by atoms with Crippen molar-refractivity contribution >= 4 is 5.91 Å². The molecule has 1 aromatic carbocycles. The summed E-state index contributed by atoms with van der Waals surface area (Å²) in [7, 11) is 2.72. The summed E-state index contributed by atoms with van der Waals surface area (Å²) in [5, 5.41) is 0. The fraction of sp³-hybridized carbons (Fsp3) is 0.368. The molecule has 2 aromatic rings. The maximum Gasteiger partial charge on any atom is 0.416 e. The molecule has 0 saturated carbocycles. The molecule has 0 unspecified atom stereocenters. The van der Waals surface area contributed by atoms with Crippen LogP contribution in [0, 0.1) is 13.8 Å². The van der Waals surface area contributed by atoms with Crippen molar-refractivity contribution in [3.05, 3.63) is 57.9 Å². The molecular weight excluding hydrogens is 402 g/mol. The van der Waals surface area contributed by atoms with Crippen molar-refractivity contribution < 1.29 is 35.9 Å². The second-order valence-electron chi connectivity index (χ2n) is 6.50. The third kappa shape index (κ3) is 4.99. The summed E-state index contributed by atoms with van der Waals surface area (Å²) in [5.74, 6) is -0.461. The van der Waals surface area contributed by atoms with Crippen molar-refractivity contribution in [1.29, 1.82) is 0 Å². The van der Waals surface area contributed by atoms with Gasteiger partial charge in [0.15, 0.2) is 0 Å². The lowest BCUT2D eigenvalue weighted by molar-refractivity contribution is -0.143. The highest BCUT2D eigenvalue weighted by molar-refractivity contribution is 5.94. The van der Waals surface area contributed by atoms with Gasteiger partial charge in [0, 0.05) is 29.9 Å². The first-order chi connectivity index (χ1) is 13.3. The Kier molecular flexibility index (Phi) is 6.15. The highest BCUT2D eigenvalue weighted by Crippen LogP contribution is 2.36. The Morgan fingerprint density at radius 1 is 1.03 bits per heavy atom. The van der Waals surface area contributed by atoms with Crippen LogP contribution in [0.4, 0.5) is 26.3 Å². The van der Waals surface area contributed by atoms with E-state index in [-0.39, 0.29) is 12.6 Å². The molecular formula is C19H18F6N2O2. The lowest BCUT2D eigenvalue weighted by atomic mass is 10.0. The minimum atomic E-state index is -5.03. The number of hydrogen-bond donors (Lipinski definition) is 0. The number of aryl methyl sites for hydroxylation is 1. The second-order valence-corrected chi connectivity index (χ2v) is 6.50. The number of hydrogen-bond acceptors (Lipinski definition) is 3. The van der Waals surface area contributed by atoms with Gasteiger partial charge in [-0.05, 0) is 32.0 Å². The van der Waals surface area contributed by atoms with Crippen molar-refractivity contribution in [1.82, 2.24) is 9.88 Å². The van der Waals surface area contributed by atoms with Crippen molar-refractivity contribution in [2.24, 2.45) is 0 Å². The van der Waals surface area contributed by atoms with E-state index < -0.39 is 35.0 Å². The average Bonchev–Trinajstić information content (AvgIpc) is 2.62. The smallest absolute Gasteiger partial charge is 0.416 e. The van der Waals surface area contributed by atoms with Gasteiger partial charge in [-0.2, -0.15) is 26.3 Å². The quantitative estimate of drug-likeness (QED) is 0.653. The van der Waals surface area contributed by atoms with E-state index in [9.17, 15) is 31.1 Å². The molecule has 0 bridgehead atoms. The number of pyridine rings is 1. The SMILES string of the molecule is COc1c(C)cnc(CN(C)C(=O)c2cc(C(F)(F)F)cc(C(F)(F)F)c2)c1C. The Morgan fingerprint density at radius 2 is 1.55 bits per heavy atom. The number of methoxy groups -OCH3 is 1. The van der Waals surface area contributed by atoms with E-state index in [1.807, 2.05) is 0 Å². The van der Waals surface area contributed by atoms with Crippen LogP contribution in [0.3, 0.4) is 0 Å². The Morgan fingerprint density at radius 3 is 2.00 bits per heavy atom. The number of benzene rings is 1. The molecule has 0 radical (unpaired) electrons. The van der Waals surface area contributed by atoms with Gasteiger partial charge < -0.3 is 9.64 Å². The Bertz CT molecular complexity index is 890. The number of amides is 1. The Labute approximate surface area is 163 Å². The minimum Gasteiger partial charge on any atom is -0.496 e. The van der Waals surface area contributed by atoms with Crippen LogP contribution in [0.15, 0.2) is 24.4 Å². The molecule has 2 rings (SSSR count). The largest absolute Gasteiger partial charge is 0.496 e. The Hall–Kier alpha value is -2.78. The number of carbonyl (C=O) groups is 1. The molecule has 29 heavy (non-hydrogen) atoms. The predicted octanol–water partition coefficient (Wildman–Crippen LogP) is 5.02. The summed E-state index contributed by atoms with van der Waals surface area (Å²) in [6, 6.07) is 0.793. The molecule has 0 atom stereocenters. The molecule has 158 valence electrons. The first-order valence-electron chi connectivity index (χ1n) is 8.29. The third-order valence-corrected chi connectivity index (χ3v) is 4.32. The maximum absolute atomic E-state index is 13.0. The van der Waals surface area contributed by atoms with Crippen LogP contribution < -0.4 is 4.74 Å². The van der Waals surface area contributed by atoms with Gasteiger partial charge in [-0.1, -0.05) is 0 Å². The van der Waals surface area contributed by atoms with Gasteiger partial charge in [-0.3, -0.25) is 9.78 Å². The van der Waals surface area contributed by atoms with Crippen molar-refractivity contribution in [3.8, 4) is 5.75 Å². The van der Waals surface area contributed by atoms with Crippen LogP contribution in [-0.4, -0.2) is 29.9 Å². The van der Waals surface area contributed by atoms with Crippen LogP contribution in [0.1, 0.15) is 38.3 Å². The van der Waals surface area contributed by atoms with Crippen LogP contribution in [0.5, 0.6) is 5.75 Å². The van der Waals surface area contributed by atoms with Gasteiger partial charge in [0.05, 0.1) is 30.5 Å². The molecule has 0 fully saturated rings. The summed E-state index contributed by atoms with van der Waals surface area (Å²) in [5.41, 5.74) is -2.04. The van der Waals surface area contributed by atoms with E-state index in [1.54, 1.807) is 13.8 Å². The van der Waals surface area contributed by atoms with E-state index in [2.05, 4.69) is 4.98 Å². The van der Waals surface area contributed by atoms with E-state index in [0.29, 0.717) is 29.1 Å². The molecule has 1 amide bonds. The number of alkyl halides is 6. The standard InChI is InChI=1S/C19H18F6N2O2/c1-10-8-26-15(11(2)16(10)29-4)9-27(3)17(28)12-5-13(18(20,21)22)7-14(6-12)19(23,24)25/h5-8H,9H2,1-4H3. The molecule has 0 N–H and O–H groups in total. The predicted molar refractivity (Wildman–Crippen MR) is 92.5 cm³/mol. The molecule has 0 spiro atoms. The van der Waals surface area contributed by atoms with Crippen LogP contribution in [-0.2, 0) is 18.9 Å². The molecule has 0 aliphatic rings. The first-order valence-corrected chi connectivity index (χ1v) is 8.29. The number of ether oxygens (including phenoxy) is 1. The molecule has 1 aromatic heterocycles. The third-order valence-electron chi connectivity index (χ3n) is 4.32. The van der Waals surface area contributed by atoms with Gasteiger partial charge >= 0.3 is 12.4 Å². The topological polar surface area (TPSA) is 42.4 Å². The highest BCUT2D eigenvalue weighted by atomic mass is 19.4. The van der Waals surface area contributed by atoms with Crippen LogP contribution in [0.2, 0.25) is 0 Å². The van der Waals surface area contributed by atoms with Gasteiger partial charge in [0.1, 0.15) is 5.75 Å². The maximum atomic E-state index is 13.0. The number of halogens is 6. The zero-order valence-electron chi connectivity index (χ0n) is 16.0. The highest BCUT2D eigenvalue weighted by Gasteiger charge is 2.37. The zero-order chi connectivity index (χ0) is 22.1. The lowest BCUT2D eigenvalue weighted by Gasteiger charge is -2.21. The number of nitrogens with zero attached hydrogens (tertiary/aromatic N) is 2. The average molecular weight is 420 g/mol. The van der Waals surface area contributed by atoms with E-state index in [0.717, 1.165) is 10.5 Å². The van der Waals surface area contributed by atoms with Gasteiger partial charge in [0.2, 0.25) is 0 Å². The number of rotatable bonds is 4. The van der Waals surface area contributed by atoms with E-state index in [1.165, 1.54) is 20.4 Å². The molecule has 0 saturated heterocycles. The number of carbonyl (C=O) groups excluding carboxylic acids is 1. The summed E-state index contributed by atoms with van der Waals surface area (Å²) >= 11 is 0. The fourth-order valence-corrected chi connectivity index (χ4v) is 2.83. The molecule has 0 aliphatic carbocycles. The zero-order valence-corrected chi connectivity index (χ0v) is 16.0. The van der Waals surface area contributed by atoms with E-state index in [4.69, 9.17) is 4.74 Å². The second kappa shape index (κ2) is 7.92. The van der Waals surface area contributed by atoms with Crippen LogP contribution in [0.25, 0.3) is 0 Å². The fourth-order valence-electron chi connectivity index (χ4n) is 2.83. The summed E-state index contributed by atoms with van der Waals surface area (Å²) in [6.07, 6.45) is -8.56. The summed E-state index contributed by atoms with van der Waals surface area (Å²) in [6.45, 7) is 3.33. The van der Waals surface area contributed by atoms with Crippen LogP contribution >= 0.6 is 0 Å². The van der Waals surface area contributed by atoms with Gasteiger partial charge in [-0.25, -0.2) is 0 Å². The first kappa shape index (κ1) is 22.5. The molecule has 4 nitrogen and oxygen atoms in total. The van der Waals surface area contributed by atoms with Crippen molar-refractivity contribution in [2.45, 2.75) is 32.7 Å². The van der Waals surface area contributed by atoms with Crippen molar-refractivity contribution in [2.75, 3.05) is 14.2 Å².